The summed E-state index contributed by atoms with van der Waals surface area (Å²) >= 11 is 0. The van der Waals surface area contributed by atoms with Crippen molar-refractivity contribution >= 4 is 28.7 Å². The van der Waals surface area contributed by atoms with Crippen molar-refractivity contribution in [2.24, 2.45) is 5.11 Å². The summed E-state index contributed by atoms with van der Waals surface area (Å²) in [6.45, 7) is 6.70. The molecule has 0 saturated carbocycles. The molecule has 1 fully saturated rings. The standard InChI is InChI=1S/C26H27N7O/c1-17-3-7-23-20(15-29-33(23)16-17)19-5-6-22(25-21(19)14-28-26(25)34)30-24-8-4-18(13-27-24)32-11-9-31(2)10-12-32/h3-8,13,15-16,23H,9-12,14H2,1-2H3,(H,28,34)/p+1. The number of nitrogens with one attached hydrogen (secondary N) is 2. The molecule has 2 N–H and O–H groups in total. The van der Waals surface area contributed by atoms with E-state index in [2.05, 4.69) is 68.8 Å². The van der Waals surface area contributed by atoms with Crippen molar-refractivity contribution in [2.45, 2.75) is 19.5 Å². The number of anilines is 3. The molecule has 0 spiro atoms. The van der Waals surface area contributed by atoms with E-state index < -0.39 is 0 Å². The van der Waals surface area contributed by atoms with Crippen molar-refractivity contribution in [2.75, 3.05) is 43.4 Å². The molecule has 1 saturated heterocycles. The molecule has 1 unspecified atom stereocenters. The second-order valence-electron chi connectivity index (χ2n) is 9.27. The van der Waals surface area contributed by atoms with E-state index >= 15 is 0 Å². The first-order valence-electron chi connectivity index (χ1n) is 11.7. The molecule has 4 aliphatic heterocycles. The van der Waals surface area contributed by atoms with Crippen LogP contribution in [-0.4, -0.2) is 59.8 Å². The van der Waals surface area contributed by atoms with Gasteiger partial charge in [-0.25, -0.2) is 4.98 Å². The summed E-state index contributed by atoms with van der Waals surface area (Å²) in [5.74, 6) is 0.667. The topological polar surface area (TPSA) is 75.9 Å². The minimum Gasteiger partial charge on any atom is -0.368 e. The van der Waals surface area contributed by atoms with Crippen molar-refractivity contribution in [3.8, 4) is 0 Å². The zero-order chi connectivity index (χ0) is 23.2. The van der Waals surface area contributed by atoms with Gasteiger partial charge < -0.3 is 20.4 Å². The maximum absolute atomic E-state index is 12.8. The highest BCUT2D eigenvalue weighted by Crippen LogP contribution is 2.37. The third-order valence-electron chi connectivity index (χ3n) is 6.97. The number of carbonyl (C=O) groups excluding carboxylic acids is 1. The molecule has 8 heteroatoms. The van der Waals surface area contributed by atoms with Gasteiger partial charge in [0, 0.05) is 38.3 Å². The number of hydrogen-bond acceptors (Lipinski definition) is 6. The van der Waals surface area contributed by atoms with Crippen LogP contribution in [0, 0.1) is 0 Å². The third-order valence-corrected chi connectivity index (χ3v) is 6.97. The highest BCUT2D eigenvalue weighted by Gasteiger charge is 2.36. The van der Waals surface area contributed by atoms with Gasteiger partial charge in [-0.1, -0.05) is 16.8 Å². The highest BCUT2D eigenvalue weighted by atomic mass is 16.1. The van der Waals surface area contributed by atoms with Crippen LogP contribution in [0.2, 0.25) is 0 Å². The molecular formula is C26H28N7O+. The third kappa shape index (κ3) is 3.60. The Morgan fingerprint density at radius 1 is 1.15 bits per heavy atom. The van der Waals surface area contributed by atoms with Gasteiger partial charge in [-0.3, -0.25) is 4.79 Å². The molecule has 8 nitrogen and oxygen atoms in total. The number of amides is 1. The number of fused-ring (bicyclic) bond motifs is 2. The zero-order valence-electron chi connectivity index (χ0n) is 19.5. The maximum atomic E-state index is 12.8. The lowest BCUT2D eigenvalue weighted by molar-refractivity contribution is -0.533. The van der Waals surface area contributed by atoms with Gasteiger partial charge in [0.05, 0.1) is 28.7 Å². The number of rotatable bonds is 4. The Morgan fingerprint density at radius 3 is 2.79 bits per heavy atom. The molecule has 172 valence electrons. The molecule has 1 amide bonds. The number of piperazine rings is 1. The first-order valence-corrected chi connectivity index (χ1v) is 11.7. The number of azo groups is 2. The SMILES string of the molecule is CC1=C[N+]2=NC=C(c3ccc(Nc4ccc(N5CCN(C)CC5)cn4)c4c3CNC4=O)C2C=C1. The lowest BCUT2D eigenvalue weighted by Crippen LogP contribution is -2.44. The summed E-state index contributed by atoms with van der Waals surface area (Å²) in [5, 5.41) is 10.9. The van der Waals surface area contributed by atoms with Crippen molar-refractivity contribution in [3.63, 3.8) is 0 Å². The van der Waals surface area contributed by atoms with Crippen LogP contribution in [0.4, 0.5) is 17.2 Å². The Hall–Kier alpha value is -3.78. The Labute approximate surface area is 199 Å². The molecule has 0 aliphatic carbocycles. The summed E-state index contributed by atoms with van der Waals surface area (Å²) in [6, 6.07) is 8.21. The number of pyridine rings is 1. The summed E-state index contributed by atoms with van der Waals surface area (Å²) < 4.78 is 1.97. The minimum absolute atomic E-state index is 0.0595. The summed E-state index contributed by atoms with van der Waals surface area (Å²) in [7, 11) is 2.15. The largest absolute Gasteiger partial charge is 0.368 e. The average Bonchev–Trinajstić information content (AvgIpc) is 3.44. The van der Waals surface area contributed by atoms with Crippen LogP contribution < -0.4 is 15.5 Å². The van der Waals surface area contributed by atoms with E-state index in [1.807, 2.05) is 35.4 Å². The van der Waals surface area contributed by atoms with Crippen molar-refractivity contribution in [1.82, 2.24) is 15.2 Å². The second-order valence-corrected chi connectivity index (χ2v) is 9.27. The van der Waals surface area contributed by atoms with E-state index in [0.29, 0.717) is 12.1 Å². The van der Waals surface area contributed by atoms with Gasteiger partial charge >= 0.3 is 0 Å². The minimum atomic E-state index is -0.0595. The molecule has 0 radical (unpaired) electrons. The van der Waals surface area contributed by atoms with Gasteiger partial charge in [-0.2, -0.15) is 0 Å². The van der Waals surface area contributed by atoms with Crippen LogP contribution in [0.5, 0.6) is 0 Å². The molecule has 1 aromatic heterocycles. The van der Waals surface area contributed by atoms with Crippen LogP contribution in [0.1, 0.15) is 28.4 Å². The summed E-state index contributed by atoms with van der Waals surface area (Å²) in [5.41, 5.74) is 6.93. The van der Waals surface area contributed by atoms with Crippen LogP contribution in [0.25, 0.3) is 5.57 Å². The van der Waals surface area contributed by atoms with Crippen molar-refractivity contribution < 1.29 is 9.49 Å². The number of nitrogens with zero attached hydrogens (tertiary/aromatic N) is 5. The zero-order valence-corrected chi connectivity index (χ0v) is 19.5. The fourth-order valence-electron chi connectivity index (χ4n) is 5.02. The van der Waals surface area contributed by atoms with E-state index in [9.17, 15) is 4.79 Å². The van der Waals surface area contributed by atoms with Gasteiger partial charge in [0.1, 0.15) is 12.0 Å². The number of allylic oxidation sites excluding steroid dienone is 2. The predicted molar refractivity (Wildman–Crippen MR) is 132 cm³/mol. The number of benzene rings is 1. The van der Waals surface area contributed by atoms with Crippen LogP contribution in [-0.2, 0) is 6.54 Å². The van der Waals surface area contributed by atoms with Gasteiger partial charge in [0.15, 0.2) is 6.20 Å². The Kier molecular flexibility index (Phi) is 5.03. The number of carbonyl (C=O) groups is 1. The predicted octanol–water partition coefficient (Wildman–Crippen LogP) is 3.48. The molecular weight excluding hydrogens is 426 g/mol. The first kappa shape index (κ1) is 20.8. The van der Waals surface area contributed by atoms with E-state index in [0.717, 1.165) is 60.1 Å². The van der Waals surface area contributed by atoms with Crippen LogP contribution in [0.3, 0.4) is 0 Å². The maximum Gasteiger partial charge on any atom is 0.254 e. The Morgan fingerprint density at radius 2 is 2.00 bits per heavy atom. The number of hydrogen-bond donors (Lipinski definition) is 2. The summed E-state index contributed by atoms with van der Waals surface area (Å²) in [4.78, 5) is 22.1. The van der Waals surface area contributed by atoms with E-state index in [4.69, 9.17) is 0 Å². The second kappa shape index (κ2) is 8.22. The van der Waals surface area contributed by atoms with Crippen molar-refractivity contribution in [1.29, 1.82) is 0 Å². The number of aromatic nitrogens is 1. The molecule has 2 aromatic rings. The molecule has 4 aliphatic rings. The first-order chi connectivity index (χ1) is 16.6. The molecule has 1 aromatic carbocycles. The van der Waals surface area contributed by atoms with E-state index in [1.54, 1.807) is 0 Å². The number of likely N-dealkylation sites (N-methyl/N-ethyl adjacent to an activating group) is 1. The van der Waals surface area contributed by atoms with E-state index in [1.165, 1.54) is 5.57 Å². The molecule has 6 rings (SSSR count). The molecule has 34 heavy (non-hydrogen) atoms. The fourth-order valence-corrected chi connectivity index (χ4v) is 5.02. The molecule has 0 bridgehead atoms. The normalized spacial score (nSPS) is 21.5. The average molecular weight is 455 g/mol. The Balaban J connectivity index is 1.25. The van der Waals surface area contributed by atoms with Gasteiger partial charge in [0.25, 0.3) is 5.91 Å². The lowest BCUT2D eigenvalue weighted by Gasteiger charge is -2.33. The van der Waals surface area contributed by atoms with Gasteiger partial charge in [0.2, 0.25) is 6.04 Å². The molecule has 5 heterocycles. The van der Waals surface area contributed by atoms with Crippen LogP contribution in [0.15, 0.2) is 65.7 Å². The molecule has 1 atom stereocenters. The lowest BCUT2D eigenvalue weighted by atomic mass is 9.91. The van der Waals surface area contributed by atoms with Crippen molar-refractivity contribution in [3.05, 3.63) is 77.3 Å². The smallest absolute Gasteiger partial charge is 0.254 e. The van der Waals surface area contributed by atoms with E-state index in [-0.39, 0.29) is 11.9 Å². The van der Waals surface area contributed by atoms with Gasteiger partial charge in [-0.05, 0) is 54.5 Å². The quantitative estimate of drug-likeness (QED) is 0.692. The monoisotopic (exact) mass is 454 g/mol. The highest BCUT2D eigenvalue weighted by molar-refractivity contribution is 6.05. The Bertz CT molecular complexity index is 1280. The summed E-state index contributed by atoms with van der Waals surface area (Å²) in [6.07, 6.45) is 10.1. The van der Waals surface area contributed by atoms with Crippen LogP contribution >= 0.6 is 0 Å². The van der Waals surface area contributed by atoms with Gasteiger partial charge in [-0.15, -0.1) is 0 Å². The fraction of sp³-hybridized carbons (Fsp3) is 0.308.